The van der Waals surface area contributed by atoms with E-state index in [1.54, 1.807) is 0 Å². The summed E-state index contributed by atoms with van der Waals surface area (Å²) >= 11 is 0. The van der Waals surface area contributed by atoms with Gasteiger partial charge in [0.15, 0.2) is 11.6 Å². The monoisotopic (exact) mass is 455 g/mol. The minimum Gasteiger partial charge on any atom is -0.432 e. The molecule has 2 aromatic heterocycles. The van der Waals surface area contributed by atoms with Crippen molar-refractivity contribution >= 4 is 11.7 Å². The molecule has 4 rings (SSSR count). The molecule has 7 nitrogen and oxygen atoms in total. The van der Waals surface area contributed by atoms with Crippen molar-refractivity contribution in [2.24, 2.45) is 5.92 Å². The zero-order valence-corrected chi connectivity index (χ0v) is 16.8. The first-order valence-electron chi connectivity index (χ1n) is 9.77. The van der Waals surface area contributed by atoms with Gasteiger partial charge in [0.2, 0.25) is 0 Å². The summed E-state index contributed by atoms with van der Waals surface area (Å²) in [6.45, 7) is -0.727. The van der Waals surface area contributed by atoms with E-state index >= 15 is 0 Å². The molecule has 0 aliphatic carbocycles. The molecule has 1 saturated heterocycles. The number of carbonyl (C=O) groups is 1. The number of amides is 1. The Bertz CT molecular complexity index is 1140. The van der Waals surface area contributed by atoms with Crippen molar-refractivity contribution < 1.29 is 31.5 Å². The number of likely N-dealkylation sites (tertiary alicyclic amines) is 1. The van der Waals surface area contributed by atoms with Gasteiger partial charge < -0.3 is 9.64 Å². The van der Waals surface area contributed by atoms with Crippen molar-refractivity contribution in [3.63, 3.8) is 0 Å². The number of aromatic nitrogens is 4. The maximum atomic E-state index is 14.1. The molecule has 0 saturated carbocycles. The predicted molar refractivity (Wildman–Crippen MR) is 101 cm³/mol. The molecule has 2 atom stereocenters. The first kappa shape index (κ1) is 21.9. The fourth-order valence-corrected chi connectivity index (χ4v) is 3.88. The van der Waals surface area contributed by atoms with E-state index in [1.807, 2.05) is 6.92 Å². The lowest BCUT2D eigenvalue weighted by Crippen LogP contribution is -2.42. The van der Waals surface area contributed by atoms with Crippen LogP contribution in [0, 0.1) is 11.7 Å². The number of halogens is 5. The van der Waals surface area contributed by atoms with Gasteiger partial charge in [0.1, 0.15) is 12.0 Å². The van der Waals surface area contributed by atoms with Crippen molar-refractivity contribution in [3.05, 3.63) is 53.4 Å². The number of rotatable bonds is 5. The molecular weight excluding hydrogens is 437 g/mol. The molecule has 0 bridgehead atoms. The number of piperidine rings is 1. The van der Waals surface area contributed by atoms with Crippen LogP contribution in [0.15, 0.2) is 30.6 Å². The van der Waals surface area contributed by atoms with E-state index in [0.717, 1.165) is 12.1 Å². The van der Waals surface area contributed by atoms with Crippen molar-refractivity contribution in [2.75, 3.05) is 13.1 Å². The van der Waals surface area contributed by atoms with Crippen LogP contribution in [-0.2, 0) is 0 Å². The number of fused-ring (bicyclic) bond motifs is 1. The molecule has 0 radical (unpaired) electrons. The standard InChI is InChI=1S/C20H18F5N5O2/c1-10-4-5-29(18(31)11-2-3-16(13(21)6-11)32-19(24)25)8-12(10)15-7-14(17(22)23)28-20-26-9-27-30(15)20/h2-3,6-7,9-10,12,17,19H,4-5,8H2,1H3/t10-,12-/m1/s1. The smallest absolute Gasteiger partial charge is 0.387 e. The van der Waals surface area contributed by atoms with Crippen LogP contribution in [0.4, 0.5) is 22.0 Å². The summed E-state index contributed by atoms with van der Waals surface area (Å²) < 4.78 is 70.9. The van der Waals surface area contributed by atoms with Gasteiger partial charge in [0.25, 0.3) is 18.1 Å². The summed E-state index contributed by atoms with van der Waals surface area (Å²) in [6, 6.07) is 4.27. The van der Waals surface area contributed by atoms with E-state index in [9.17, 15) is 26.7 Å². The Kier molecular flexibility index (Phi) is 5.94. The fourth-order valence-electron chi connectivity index (χ4n) is 3.88. The van der Waals surface area contributed by atoms with Crippen LogP contribution in [0.5, 0.6) is 5.75 Å². The van der Waals surface area contributed by atoms with Gasteiger partial charge in [-0.2, -0.15) is 18.9 Å². The molecule has 0 spiro atoms. The molecule has 3 aromatic rings. The Labute approximate surface area is 178 Å². The van der Waals surface area contributed by atoms with E-state index in [4.69, 9.17) is 0 Å². The molecular formula is C20H18F5N5O2. The SMILES string of the molecule is C[C@@H]1CCN(C(=O)c2ccc(OC(F)F)c(F)c2)C[C@H]1c1cc(C(F)F)nc2ncnn12. The Hall–Kier alpha value is -3.31. The molecule has 32 heavy (non-hydrogen) atoms. The molecule has 12 heteroatoms. The zero-order chi connectivity index (χ0) is 23.0. The van der Waals surface area contributed by atoms with E-state index in [2.05, 4.69) is 19.8 Å². The van der Waals surface area contributed by atoms with Gasteiger partial charge in [0, 0.05) is 24.6 Å². The number of benzene rings is 1. The molecule has 170 valence electrons. The topological polar surface area (TPSA) is 72.6 Å². The fraction of sp³-hybridized carbons (Fsp3) is 0.400. The highest BCUT2D eigenvalue weighted by Gasteiger charge is 2.33. The summed E-state index contributed by atoms with van der Waals surface area (Å²) in [5, 5.41) is 4.07. The van der Waals surface area contributed by atoms with Gasteiger partial charge in [0.05, 0.1) is 5.69 Å². The maximum Gasteiger partial charge on any atom is 0.387 e. The largest absolute Gasteiger partial charge is 0.432 e. The lowest BCUT2D eigenvalue weighted by molar-refractivity contribution is -0.0521. The quantitative estimate of drug-likeness (QED) is 0.543. The van der Waals surface area contributed by atoms with Gasteiger partial charge in [-0.1, -0.05) is 6.92 Å². The average molecular weight is 455 g/mol. The van der Waals surface area contributed by atoms with Gasteiger partial charge in [-0.15, -0.1) is 0 Å². The normalized spacial score (nSPS) is 19.2. The molecule has 3 heterocycles. The van der Waals surface area contributed by atoms with Gasteiger partial charge >= 0.3 is 6.61 Å². The first-order valence-corrected chi connectivity index (χ1v) is 9.77. The van der Waals surface area contributed by atoms with Crippen LogP contribution in [0.3, 0.4) is 0 Å². The second kappa shape index (κ2) is 8.67. The number of hydrogen-bond acceptors (Lipinski definition) is 5. The number of nitrogens with zero attached hydrogens (tertiary/aromatic N) is 5. The third kappa shape index (κ3) is 4.21. The molecule has 1 aromatic carbocycles. The zero-order valence-electron chi connectivity index (χ0n) is 16.8. The van der Waals surface area contributed by atoms with Gasteiger partial charge in [-0.25, -0.2) is 22.7 Å². The van der Waals surface area contributed by atoms with Crippen LogP contribution >= 0.6 is 0 Å². The third-order valence-corrected chi connectivity index (χ3v) is 5.54. The second-order valence-corrected chi connectivity index (χ2v) is 7.53. The van der Waals surface area contributed by atoms with Crippen molar-refractivity contribution in [3.8, 4) is 5.75 Å². The number of alkyl halides is 4. The summed E-state index contributed by atoms with van der Waals surface area (Å²) in [4.78, 5) is 22.1. The lowest BCUT2D eigenvalue weighted by Gasteiger charge is -2.37. The maximum absolute atomic E-state index is 14.1. The van der Waals surface area contributed by atoms with Crippen LogP contribution in [0.1, 0.15) is 47.4 Å². The first-order chi connectivity index (χ1) is 15.2. The summed E-state index contributed by atoms with van der Waals surface area (Å²) in [5.74, 6) is -2.56. The van der Waals surface area contributed by atoms with Gasteiger partial charge in [-0.05, 0) is 36.6 Å². The number of carbonyl (C=O) groups excluding carboxylic acids is 1. The minimum atomic E-state index is -3.19. The van der Waals surface area contributed by atoms with E-state index in [-0.39, 0.29) is 29.7 Å². The molecule has 1 aliphatic heterocycles. The Balaban J connectivity index is 1.62. The van der Waals surface area contributed by atoms with E-state index in [0.29, 0.717) is 18.7 Å². The van der Waals surface area contributed by atoms with Crippen LogP contribution in [0.2, 0.25) is 0 Å². The minimum absolute atomic E-state index is 0.0259. The predicted octanol–water partition coefficient (Wildman–Crippen LogP) is 4.07. The van der Waals surface area contributed by atoms with Gasteiger partial charge in [-0.3, -0.25) is 4.79 Å². The number of hydrogen-bond donors (Lipinski definition) is 0. The summed E-state index contributed by atoms with van der Waals surface area (Å²) in [7, 11) is 0. The molecule has 0 N–H and O–H groups in total. The molecule has 1 aliphatic rings. The molecule has 0 unspecified atom stereocenters. The Morgan fingerprint density at radius 2 is 2.00 bits per heavy atom. The highest BCUT2D eigenvalue weighted by atomic mass is 19.3. The Morgan fingerprint density at radius 1 is 1.22 bits per heavy atom. The van der Waals surface area contributed by atoms with Crippen molar-refractivity contribution in [2.45, 2.75) is 32.3 Å². The van der Waals surface area contributed by atoms with E-state index in [1.165, 1.54) is 27.9 Å². The molecule has 1 amide bonds. The van der Waals surface area contributed by atoms with E-state index < -0.39 is 36.2 Å². The second-order valence-electron chi connectivity index (χ2n) is 7.53. The van der Waals surface area contributed by atoms with Crippen LogP contribution in [-0.4, -0.2) is 50.1 Å². The Morgan fingerprint density at radius 3 is 2.69 bits per heavy atom. The highest BCUT2D eigenvalue weighted by molar-refractivity contribution is 5.94. The van der Waals surface area contributed by atoms with Crippen molar-refractivity contribution in [1.82, 2.24) is 24.5 Å². The van der Waals surface area contributed by atoms with Crippen LogP contribution in [0.25, 0.3) is 5.78 Å². The number of ether oxygens (including phenoxy) is 1. The highest BCUT2D eigenvalue weighted by Crippen LogP contribution is 2.34. The average Bonchev–Trinajstić information content (AvgIpc) is 3.23. The third-order valence-electron chi connectivity index (χ3n) is 5.54. The van der Waals surface area contributed by atoms with Crippen molar-refractivity contribution in [1.29, 1.82) is 0 Å². The van der Waals surface area contributed by atoms with Crippen LogP contribution < -0.4 is 4.74 Å². The lowest BCUT2D eigenvalue weighted by atomic mass is 9.84. The summed E-state index contributed by atoms with van der Waals surface area (Å²) in [6.07, 6.45) is -1.03. The molecule has 1 fully saturated rings. The summed E-state index contributed by atoms with van der Waals surface area (Å²) in [5.41, 5.74) is -0.0289.